The molecule has 4 aromatic rings. The number of hydrogen-bond acceptors (Lipinski definition) is 6. The van der Waals surface area contributed by atoms with Gasteiger partial charge in [-0.05, 0) is 42.0 Å². The Morgan fingerprint density at radius 1 is 0.882 bits per heavy atom. The number of nitrogens with zero attached hydrogens (tertiary/aromatic N) is 3. The SMILES string of the molecule is O=C(CSc1nnc(COc2ccccc2)n1Cc1ccccc1)c1ccc(OC(F)F)cc1. The molecule has 1 heterocycles. The normalized spacial score (nSPS) is 10.9. The number of rotatable bonds is 11. The Bertz CT molecular complexity index is 1200. The van der Waals surface area contributed by atoms with Crippen LogP contribution in [0.5, 0.6) is 11.5 Å². The maximum atomic E-state index is 12.6. The van der Waals surface area contributed by atoms with Gasteiger partial charge in [-0.15, -0.1) is 10.2 Å². The Balaban J connectivity index is 1.46. The minimum atomic E-state index is -2.91. The molecule has 0 radical (unpaired) electrons. The number of ketones is 1. The number of aromatic nitrogens is 3. The number of hydrogen-bond donors (Lipinski definition) is 0. The van der Waals surface area contributed by atoms with E-state index in [0.29, 0.717) is 23.1 Å². The number of ether oxygens (including phenoxy) is 2. The number of carbonyl (C=O) groups excluding carboxylic acids is 1. The summed E-state index contributed by atoms with van der Waals surface area (Å²) >= 11 is 1.26. The highest BCUT2D eigenvalue weighted by atomic mass is 32.2. The molecule has 0 saturated carbocycles. The van der Waals surface area contributed by atoms with Crippen LogP contribution in [0, 0.1) is 0 Å². The van der Waals surface area contributed by atoms with Crippen molar-refractivity contribution in [1.82, 2.24) is 14.8 Å². The predicted molar refractivity (Wildman–Crippen MR) is 124 cm³/mol. The summed E-state index contributed by atoms with van der Waals surface area (Å²) in [5, 5.41) is 9.15. The number of Topliss-reactive ketones (excluding diaryl/α,β-unsaturated/α-hetero) is 1. The Kier molecular flexibility index (Phi) is 7.87. The number of thioether (sulfide) groups is 1. The molecule has 34 heavy (non-hydrogen) atoms. The molecule has 0 fully saturated rings. The first-order valence-electron chi connectivity index (χ1n) is 10.4. The monoisotopic (exact) mass is 481 g/mol. The average molecular weight is 482 g/mol. The zero-order valence-electron chi connectivity index (χ0n) is 18.0. The van der Waals surface area contributed by atoms with Crippen molar-refractivity contribution in [2.75, 3.05) is 5.75 Å². The molecule has 0 bridgehead atoms. The number of alkyl halides is 2. The Hall–Kier alpha value is -3.72. The highest BCUT2D eigenvalue weighted by Gasteiger charge is 2.16. The zero-order valence-corrected chi connectivity index (χ0v) is 18.8. The molecule has 0 aliphatic heterocycles. The van der Waals surface area contributed by atoms with Crippen molar-refractivity contribution in [3.8, 4) is 11.5 Å². The molecule has 0 aliphatic rings. The van der Waals surface area contributed by atoms with E-state index >= 15 is 0 Å². The topological polar surface area (TPSA) is 66.2 Å². The lowest BCUT2D eigenvalue weighted by Gasteiger charge is -2.11. The first-order valence-corrected chi connectivity index (χ1v) is 11.4. The second kappa shape index (κ2) is 11.4. The van der Waals surface area contributed by atoms with Crippen LogP contribution in [0.3, 0.4) is 0 Å². The first-order chi connectivity index (χ1) is 16.6. The van der Waals surface area contributed by atoms with E-state index in [1.54, 1.807) is 0 Å². The van der Waals surface area contributed by atoms with Gasteiger partial charge in [0.05, 0.1) is 12.3 Å². The van der Waals surface area contributed by atoms with Crippen LogP contribution in [0.25, 0.3) is 0 Å². The Morgan fingerprint density at radius 2 is 1.56 bits per heavy atom. The summed E-state index contributed by atoms with van der Waals surface area (Å²) in [6, 6.07) is 24.9. The molecule has 0 N–H and O–H groups in total. The highest BCUT2D eigenvalue weighted by molar-refractivity contribution is 7.99. The number of benzene rings is 3. The molecule has 0 amide bonds. The first kappa shape index (κ1) is 23.4. The molecule has 0 saturated heterocycles. The fourth-order valence-corrected chi connectivity index (χ4v) is 4.01. The summed E-state index contributed by atoms with van der Waals surface area (Å²) in [6.45, 7) is -2.16. The quantitative estimate of drug-likeness (QED) is 0.209. The lowest BCUT2D eigenvalue weighted by molar-refractivity contribution is -0.0498. The fourth-order valence-electron chi connectivity index (χ4n) is 3.16. The molecular weight excluding hydrogens is 460 g/mol. The molecule has 0 spiro atoms. The minimum absolute atomic E-state index is 0.00450. The van der Waals surface area contributed by atoms with Crippen LogP contribution in [0.15, 0.2) is 90.1 Å². The van der Waals surface area contributed by atoms with E-state index in [1.165, 1.54) is 36.0 Å². The molecule has 6 nitrogen and oxygen atoms in total. The maximum Gasteiger partial charge on any atom is 0.387 e. The Labute approximate surface area is 199 Å². The number of carbonyl (C=O) groups is 1. The fraction of sp³-hybridized carbons (Fsp3) is 0.160. The summed E-state index contributed by atoms with van der Waals surface area (Å²) < 4.78 is 36.7. The van der Waals surface area contributed by atoms with Crippen LogP contribution in [0.2, 0.25) is 0 Å². The summed E-state index contributed by atoms with van der Waals surface area (Å²) in [4.78, 5) is 12.6. The van der Waals surface area contributed by atoms with Crippen LogP contribution in [0.1, 0.15) is 21.7 Å². The number of halogens is 2. The van der Waals surface area contributed by atoms with Gasteiger partial charge in [0.2, 0.25) is 0 Å². The van der Waals surface area contributed by atoms with Gasteiger partial charge in [-0.3, -0.25) is 9.36 Å². The van der Waals surface area contributed by atoms with Crippen molar-refractivity contribution < 1.29 is 23.0 Å². The van der Waals surface area contributed by atoms with Gasteiger partial charge >= 0.3 is 6.61 Å². The molecule has 174 valence electrons. The van der Waals surface area contributed by atoms with E-state index in [4.69, 9.17) is 4.74 Å². The van der Waals surface area contributed by atoms with Gasteiger partial charge in [0.15, 0.2) is 16.8 Å². The molecule has 0 atom stereocenters. The zero-order chi connectivity index (χ0) is 23.8. The number of para-hydroxylation sites is 1. The third-order valence-electron chi connectivity index (χ3n) is 4.82. The van der Waals surface area contributed by atoms with Gasteiger partial charge in [0, 0.05) is 5.56 Å². The maximum absolute atomic E-state index is 12.6. The van der Waals surface area contributed by atoms with Gasteiger partial charge < -0.3 is 9.47 Å². The molecule has 4 rings (SSSR count). The molecule has 9 heteroatoms. The van der Waals surface area contributed by atoms with E-state index in [-0.39, 0.29) is 23.9 Å². The lowest BCUT2D eigenvalue weighted by atomic mass is 10.1. The lowest BCUT2D eigenvalue weighted by Crippen LogP contribution is -2.10. The second-order valence-corrected chi connectivity index (χ2v) is 8.13. The summed E-state index contributed by atoms with van der Waals surface area (Å²) in [5.74, 6) is 1.31. The molecule has 0 unspecified atom stereocenters. The summed E-state index contributed by atoms with van der Waals surface area (Å²) in [5.41, 5.74) is 1.46. The molecule has 1 aromatic heterocycles. The van der Waals surface area contributed by atoms with E-state index in [9.17, 15) is 13.6 Å². The average Bonchev–Trinajstić information content (AvgIpc) is 3.23. The smallest absolute Gasteiger partial charge is 0.387 e. The van der Waals surface area contributed by atoms with Crippen LogP contribution in [0.4, 0.5) is 8.78 Å². The van der Waals surface area contributed by atoms with Crippen molar-refractivity contribution in [3.63, 3.8) is 0 Å². The van der Waals surface area contributed by atoms with Crippen LogP contribution < -0.4 is 9.47 Å². The van der Waals surface area contributed by atoms with E-state index in [2.05, 4.69) is 14.9 Å². The van der Waals surface area contributed by atoms with Gasteiger partial charge in [-0.25, -0.2) is 0 Å². The van der Waals surface area contributed by atoms with Crippen LogP contribution >= 0.6 is 11.8 Å². The predicted octanol–water partition coefficient (Wildman–Crippen LogP) is 5.48. The Morgan fingerprint density at radius 3 is 2.24 bits per heavy atom. The van der Waals surface area contributed by atoms with Gasteiger partial charge in [0.1, 0.15) is 18.1 Å². The van der Waals surface area contributed by atoms with Crippen molar-refractivity contribution in [3.05, 3.63) is 102 Å². The third kappa shape index (κ3) is 6.41. The van der Waals surface area contributed by atoms with Crippen LogP contribution in [-0.4, -0.2) is 32.9 Å². The highest BCUT2D eigenvalue weighted by Crippen LogP contribution is 2.22. The summed E-state index contributed by atoms with van der Waals surface area (Å²) in [6.07, 6.45) is 0. The van der Waals surface area contributed by atoms with E-state index in [0.717, 1.165) is 11.3 Å². The molecule has 0 aliphatic carbocycles. The van der Waals surface area contributed by atoms with Crippen molar-refractivity contribution >= 4 is 17.5 Å². The largest absolute Gasteiger partial charge is 0.486 e. The van der Waals surface area contributed by atoms with E-state index < -0.39 is 6.61 Å². The van der Waals surface area contributed by atoms with Gasteiger partial charge in [0.25, 0.3) is 0 Å². The van der Waals surface area contributed by atoms with Crippen LogP contribution in [-0.2, 0) is 13.2 Å². The van der Waals surface area contributed by atoms with Gasteiger partial charge in [-0.1, -0.05) is 60.3 Å². The summed E-state index contributed by atoms with van der Waals surface area (Å²) in [7, 11) is 0. The van der Waals surface area contributed by atoms with Gasteiger partial charge in [-0.2, -0.15) is 8.78 Å². The minimum Gasteiger partial charge on any atom is -0.486 e. The molecular formula is C25H21F2N3O3S. The standard InChI is InChI=1S/C25H21F2N3O3S/c26-24(27)33-21-13-11-19(12-14-21)22(31)17-34-25-29-28-23(16-32-20-9-5-2-6-10-20)30(25)15-18-7-3-1-4-8-18/h1-14,24H,15-17H2. The van der Waals surface area contributed by atoms with E-state index in [1.807, 2.05) is 65.2 Å². The van der Waals surface area contributed by atoms with Crippen molar-refractivity contribution in [2.24, 2.45) is 0 Å². The van der Waals surface area contributed by atoms with Crippen molar-refractivity contribution in [2.45, 2.75) is 24.9 Å². The van der Waals surface area contributed by atoms with Crippen molar-refractivity contribution in [1.29, 1.82) is 0 Å². The molecule has 3 aromatic carbocycles. The second-order valence-electron chi connectivity index (χ2n) is 7.19. The third-order valence-corrected chi connectivity index (χ3v) is 5.79.